The summed E-state index contributed by atoms with van der Waals surface area (Å²) in [6, 6.07) is 16.7. The minimum Gasteiger partial charge on any atom is -0.508 e. The summed E-state index contributed by atoms with van der Waals surface area (Å²) in [6.45, 7) is 4.14. The van der Waals surface area contributed by atoms with Crippen molar-refractivity contribution < 1.29 is 5.11 Å². The highest BCUT2D eigenvalue weighted by Crippen LogP contribution is 2.22. The van der Waals surface area contributed by atoms with Crippen molar-refractivity contribution in [2.24, 2.45) is 4.99 Å². The fourth-order valence-electron chi connectivity index (χ4n) is 2.59. The van der Waals surface area contributed by atoms with Crippen LogP contribution in [0.25, 0.3) is 5.69 Å². The molecule has 0 saturated heterocycles. The van der Waals surface area contributed by atoms with E-state index in [1.807, 2.05) is 30.5 Å². The normalized spacial score (nSPS) is 11.3. The molecule has 2 aromatic carbocycles. The topological polar surface area (TPSA) is 37.5 Å². The number of aromatic hydroxyl groups is 1. The molecule has 1 aromatic heterocycles. The number of hydrogen-bond acceptors (Lipinski definition) is 2. The zero-order valence-electron chi connectivity index (χ0n) is 13.0. The summed E-state index contributed by atoms with van der Waals surface area (Å²) in [5.41, 5.74) is 5.20. The molecule has 23 heavy (non-hydrogen) atoms. The summed E-state index contributed by atoms with van der Waals surface area (Å²) in [7, 11) is 0. The highest BCUT2D eigenvalue weighted by molar-refractivity contribution is 6.30. The van der Waals surface area contributed by atoms with Gasteiger partial charge in [0.15, 0.2) is 0 Å². The molecule has 3 nitrogen and oxygen atoms in total. The van der Waals surface area contributed by atoms with Gasteiger partial charge in [-0.15, -0.1) is 0 Å². The van der Waals surface area contributed by atoms with E-state index in [4.69, 9.17) is 11.6 Å². The van der Waals surface area contributed by atoms with Gasteiger partial charge in [-0.1, -0.05) is 11.6 Å². The van der Waals surface area contributed by atoms with Crippen molar-refractivity contribution in [1.29, 1.82) is 0 Å². The maximum Gasteiger partial charge on any atom is 0.115 e. The van der Waals surface area contributed by atoms with Crippen molar-refractivity contribution in [3.8, 4) is 11.4 Å². The third-order valence-corrected chi connectivity index (χ3v) is 4.01. The molecule has 0 amide bonds. The van der Waals surface area contributed by atoms with E-state index < -0.39 is 0 Å². The zero-order chi connectivity index (χ0) is 16.4. The monoisotopic (exact) mass is 324 g/mol. The van der Waals surface area contributed by atoms with Gasteiger partial charge in [0.25, 0.3) is 0 Å². The molecule has 0 bridgehead atoms. The van der Waals surface area contributed by atoms with Gasteiger partial charge in [0.2, 0.25) is 0 Å². The van der Waals surface area contributed by atoms with Gasteiger partial charge < -0.3 is 9.67 Å². The fraction of sp³-hybridized carbons (Fsp3) is 0.105. The molecule has 116 valence electrons. The van der Waals surface area contributed by atoms with Crippen molar-refractivity contribution in [1.82, 2.24) is 4.57 Å². The van der Waals surface area contributed by atoms with Crippen LogP contribution in [0.15, 0.2) is 59.6 Å². The lowest BCUT2D eigenvalue weighted by molar-refractivity contribution is 0.475. The molecule has 4 heteroatoms. The largest absolute Gasteiger partial charge is 0.508 e. The van der Waals surface area contributed by atoms with Crippen LogP contribution in [-0.4, -0.2) is 15.9 Å². The molecule has 0 radical (unpaired) electrons. The molecular weight excluding hydrogens is 308 g/mol. The van der Waals surface area contributed by atoms with Crippen LogP contribution >= 0.6 is 11.6 Å². The average Bonchev–Trinajstić information content (AvgIpc) is 2.82. The molecular formula is C19H17ClN2O. The minimum atomic E-state index is 0.241. The average molecular weight is 325 g/mol. The van der Waals surface area contributed by atoms with E-state index in [1.165, 1.54) is 0 Å². The molecule has 0 fully saturated rings. The Morgan fingerprint density at radius 3 is 2.30 bits per heavy atom. The number of nitrogens with zero attached hydrogens (tertiary/aromatic N) is 2. The van der Waals surface area contributed by atoms with E-state index in [1.54, 1.807) is 24.3 Å². The zero-order valence-corrected chi connectivity index (χ0v) is 13.7. The quantitative estimate of drug-likeness (QED) is 0.660. The van der Waals surface area contributed by atoms with E-state index in [2.05, 4.69) is 29.5 Å². The Morgan fingerprint density at radius 1 is 1.00 bits per heavy atom. The van der Waals surface area contributed by atoms with E-state index in [9.17, 15) is 5.11 Å². The van der Waals surface area contributed by atoms with E-state index in [0.717, 1.165) is 33.3 Å². The lowest BCUT2D eigenvalue weighted by Crippen LogP contribution is -1.99. The van der Waals surface area contributed by atoms with Crippen LogP contribution in [-0.2, 0) is 0 Å². The number of aliphatic imine (C=N–C) groups is 1. The second kappa shape index (κ2) is 6.31. The van der Waals surface area contributed by atoms with E-state index in [0.29, 0.717) is 0 Å². The van der Waals surface area contributed by atoms with Gasteiger partial charge in [-0.2, -0.15) is 0 Å². The number of phenols is 1. The summed E-state index contributed by atoms with van der Waals surface area (Å²) in [5, 5.41) is 10.0. The molecule has 0 aliphatic rings. The fourth-order valence-corrected chi connectivity index (χ4v) is 2.71. The predicted octanol–water partition coefficient (Wildman–Crippen LogP) is 5.20. The van der Waals surface area contributed by atoms with Crippen molar-refractivity contribution in [2.45, 2.75) is 13.8 Å². The first-order chi connectivity index (χ1) is 11.0. The Balaban J connectivity index is 1.94. The van der Waals surface area contributed by atoms with Crippen molar-refractivity contribution in [3.05, 3.63) is 76.6 Å². The third-order valence-electron chi connectivity index (χ3n) is 3.76. The Kier molecular flexibility index (Phi) is 4.22. The Morgan fingerprint density at radius 2 is 1.65 bits per heavy atom. The number of benzene rings is 2. The maximum atomic E-state index is 9.31. The summed E-state index contributed by atoms with van der Waals surface area (Å²) < 4.78 is 2.18. The number of aryl methyl sites for hydroxylation is 1. The Labute approximate surface area is 140 Å². The molecule has 0 aliphatic carbocycles. The van der Waals surface area contributed by atoms with Gasteiger partial charge >= 0.3 is 0 Å². The van der Waals surface area contributed by atoms with Crippen molar-refractivity contribution in [3.63, 3.8) is 0 Å². The summed E-state index contributed by atoms with van der Waals surface area (Å²) in [6.07, 6.45) is 1.85. The molecule has 0 spiro atoms. The first-order valence-electron chi connectivity index (χ1n) is 7.32. The molecule has 0 unspecified atom stereocenters. The number of rotatable bonds is 3. The van der Waals surface area contributed by atoms with Gasteiger partial charge in [-0.25, -0.2) is 0 Å². The maximum absolute atomic E-state index is 9.31. The first-order valence-corrected chi connectivity index (χ1v) is 7.70. The number of phenolic OH excluding ortho intramolecular Hbond substituents is 1. The first kappa shape index (κ1) is 15.4. The van der Waals surface area contributed by atoms with Crippen LogP contribution < -0.4 is 0 Å². The van der Waals surface area contributed by atoms with E-state index >= 15 is 0 Å². The van der Waals surface area contributed by atoms with Crippen LogP contribution in [0.1, 0.15) is 17.0 Å². The third kappa shape index (κ3) is 3.30. The van der Waals surface area contributed by atoms with Crippen LogP contribution in [0.4, 0.5) is 5.69 Å². The number of aromatic nitrogens is 1. The van der Waals surface area contributed by atoms with Crippen molar-refractivity contribution in [2.75, 3.05) is 0 Å². The number of hydrogen-bond donors (Lipinski definition) is 1. The Bertz CT molecular complexity index is 846. The highest BCUT2D eigenvalue weighted by Gasteiger charge is 2.09. The van der Waals surface area contributed by atoms with Crippen molar-refractivity contribution >= 4 is 23.5 Å². The minimum absolute atomic E-state index is 0.241. The highest BCUT2D eigenvalue weighted by atomic mass is 35.5. The lowest BCUT2D eigenvalue weighted by atomic mass is 10.2. The van der Waals surface area contributed by atoms with Gasteiger partial charge in [-0.3, -0.25) is 4.99 Å². The van der Waals surface area contributed by atoms with Gasteiger partial charge in [0, 0.05) is 33.9 Å². The smallest absolute Gasteiger partial charge is 0.115 e. The summed E-state index contributed by atoms with van der Waals surface area (Å²) in [5.74, 6) is 0.241. The molecule has 0 saturated carbocycles. The second-order valence-electron chi connectivity index (χ2n) is 5.41. The Hall–Kier alpha value is -2.52. The van der Waals surface area contributed by atoms with Crippen LogP contribution in [0.2, 0.25) is 5.02 Å². The van der Waals surface area contributed by atoms with Crippen LogP contribution in [0.5, 0.6) is 5.75 Å². The van der Waals surface area contributed by atoms with Gasteiger partial charge in [-0.05, 0) is 68.4 Å². The summed E-state index contributed by atoms with van der Waals surface area (Å²) in [4.78, 5) is 4.47. The molecule has 3 rings (SSSR count). The van der Waals surface area contributed by atoms with Gasteiger partial charge in [0.05, 0.1) is 5.69 Å². The molecule has 1 heterocycles. The van der Waals surface area contributed by atoms with Crippen LogP contribution in [0.3, 0.4) is 0 Å². The SMILES string of the molecule is Cc1cc(C=Nc2ccc(O)cc2)c(C)n1-c1ccc(Cl)cc1. The van der Waals surface area contributed by atoms with Crippen LogP contribution in [0, 0.1) is 13.8 Å². The van der Waals surface area contributed by atoms with Gasteiger partial charge in [0.1, 0.15) is 5.75 Å². The van der Waals surface area contributed by atoms with E-state index in [-0.39, 0.29) is 5.75 Å². The standard InChI is InChI=1S/C19H17ClN2O/c1-13-11-15(12-21-17-5-9-19(23)10-6-17)14(2)22(13)18-7-3-16(20)4-8-18/h3-12,23H,1-2H3. The molecule has 1 N–H and O–H groups in total. The molecule has 0 atom stereocenters. The second-order valence-corrected chi connectivity index (χ2v) is 5.85. The molecule has 3 aromatic rings. The summed E-state index contributed by atoms with van der Waals surface area (Å²) >= 11 is 5.96. The lowest BCUT2D eigenvalue weighted by Gasteiger charge is -2.09. The number of halogens is 1. The predicted molar refractivity (Wildman–Crippen MR) is 95.6 cm³/mol. The molecule has 0 aliphatic heterocycles.